The van der Waals surface area contributed by atoms with Crippen molar-refractivity contribution in [2.45, 2.75) is 6.17 Å². The van der Waals surface area contributed by atoms with Gasteiger partial charge >= 0.3 is 0 Å². The lowest BCUT2D eigenvalue weighted by atomic mass is 9.92. The van der Waals surface area contributed by atoms with Crippen molar-refractivity contribution < 1.29 is 0 Å². The van der Waals surface area contributed by atoms with E-state index in [1.807, 2.05) is 0 Å². The summed E-state index contributed by atoms with van der Waals surface area (Å²) in [7, 11) is 0. The highest BCUT2D eigenvalue weighted by Crippen LogP contribution is 2.46. The molecule has 0 spiro atoms. The lowest BCUT2D eigenvalue weighted by Gasteiger charge is -2.29. The molecule has 11 rings (SSSR count). The average Bonchev–Trinajstić information content (AvgIpc) is 3.55. The highest BCUT2D eigenvalue weighted by molar-refractivity contribution is 6.36. The number of rotatable bonds is 3. The second kappa shape index (κ2) is 10.9. The molecule has 0 aliphatic carbocycles. The summed E-state index contributed by atoms with van der Waals surface area (Å²) in [6.45, 7) is 0. The first kappa shape index (κ1) is 28.2. The molecule has 1 N–H and O–H groups in total. The lowest BCUT2D eigenvalue weighted by Crippen LogP contribution is -2.27. The Bertz CT molecular complexity index is 3110. The Labute approximate surface area is 295 Å². The quantitative estimate of drug-likeness (QED) is 0.189. The largest absolute Gasteiger partial charge is 0.361 e. The number of allylic oxidation sites excluding steroid dienone is 2. The van der Waals surface area contributed by atoms with Crippen molar-refractivity contribution in [3.63, 3.8) is 0 Å². The molecule has 1 aliphatic rings. The molecule has 0 fully saturated rings. The van der Waals surface area contributed by atoms with Crippen LogP contribution < -0.4 is 5.32 Å². The van der Waals surface area contributed by atoms with Gasteiger partial charge in [0.15, 0.2) is 0 Å². The van der Waals surface area contributed by atoms with E-state index >= 15 is 0 Å². The molecule has 10 aromatic rings. The Kier molecular flexibility index (Phi) is 6.05. The Hall–Kier alpha value is -6.64. The normalized spacial score (nSPS) is 14.9. The summed E-state index contributed by atoms with van der Waals surface area (Å²) < 4.78 is 2.57. The van der Waals surface area contributed by atoms with Crippen LogP contribution in [0.5, 0.6) is 0 Å². The molecule has 2 nitrogen and oxygen atoms in total. The maximum atomic E-state index is 4.09. The zero-order valence-electron chi connectivity index (χ0n) is 27.8. The number of benzene rings is 9. The van der Waals surface area contributed by atoms with E-state index in [0.29, 0.717) is 0 Å². The summed E-state index contributed by atoms with van der Waals surface area (Å²) >= 11 is 0. The van der Waals surface area contributed by atoms with Gasteiger partial charge in [-0.2, -0.15) is 0 Å². The number of hydrogen-bond donors (Lipinski definition) is 1. The molecule has 0 radical (unpaired) electrons. The van der Waals surface area contributed by atoms with Gasteiger partial charge in [-0.3, -0.25) is 0 Å². The van der Waals surface area contributed by atoms with Gasteiger partial charge in [-0.15, -0.1) is 0 Å². The van der Waals surface area contributed by atoms with Gasteiger partial charge in [-0.1, -0.05) is 164 Å². The minimum Gasteiger partial charge on any atom is -0.361 e. The lowest BCUT2D eigenvalue weighted by molar-refractivity contribution is 0.592. The van der Waals surface area contributed by atoms with Crippen molar-refractivity contribution in [1.82, 2.24) is 9.88 Å². The van der Waals surface area contributed by atoms with Gasteiger partial charge < -0.3 is 9.88 Å². The van der Waals surface area contributed by atoms with Crippen LogP contribution in [-0.2, 0) is 0 Å². The van der Waals surface area contributed by atoms with Crippen molar-refractivity contribution in [2.24, 2.45) is 0 Å². The molecule has 0 amide bonds. The maximum absolute atomic E-state index is 4.09. The zero-order chi connectivity index (χ0) is 33.5. The summed E-state index contributed by atoms with van der Waals surface area (Å²) in [5.74, 6) is 0. The van der Waals surface area contributed by atoms with Crippen LogP contribution in [-0.4, -0.2) is 4.57 Å². The summed E-state index contributed by atoms with van der Waals surface area (Å²) in [6, 6.07) is 62.1. The van der Waals surface area contributed by atoms with E-state index in [2.05, 4.69) is 192 Å². The van der Waals surface area contributed by atoms with E-state index < -0.39 is 0 Å². The van der Waals surface area contributed by atoms with Gasteiger partial charge in [-0.05, 0) is 72.4 Å². The van der Waals surface area contributed by atoms with E-state index in [0.717, 1.165) is 5.70 Å². The number of nitrogens with zero attached hydrogens (tertiary/aromatic N) is 1. The van der Waals surface area contributed by atoms with Gasteiger partial charge in [0.25, 0.3) is 0 Å². The van der Waals surface area contributed by atoms with Gasteiger partial charge in [0.05, 0.1) is 11.0 Å². The molecule has 1 unspecified atom stereocenters. The number of nitrogens with one attached hydrogen (secondary N) is 1. The summed E-state index contributed by atoms with van der Waals surface area (Å²) in [6.07, 6.45) is 4.62. The second-order valence-electron chi connectivity index (χ2n) is 13.7. The van der Waals surface area contributed by atoms with Crippen LogP contribution in [0, 0.1) is 0 Å². The van der Waals surface area contributed by atoms with Crippen LogP contribution >= 0.6 is 0 Å². The van der Waals surface area contributed by atoms with E-state index in [9.17, 15) is 0 Å². The number of dihydropyridines is 1. The topological polar surface area (TPSA) is 17.0 Å². The minimum absolute atomic E-state index is 0.170. The third kappa shape index (κ3) is 4.17. The molecular weight excluding hydrogens is 617 g/mol. The van der Waals surface area contributed by atoms with Crippen LogP contribution in [0.4, 0.5) is 0 Å². The van der Waals surface area contributed by atoms with Crippen molar-refractivity contribution in [3.8, 4) is 0 Å². The molecule has 0 saturated carbocycles. The fourth-order valence-corrected chi connectivity index (χ4v) is 8.78. The SMILES string of the molecule is C1=C(c2cccc3ccccc23)C=C(c2cccc3ccccc23)NC1n1c2ccccc2c2c3c4ccccc4ccc3c3ccccc3c21. The smallest absolute Gasteiger partial charge is 0.124 e. The zero-order valence-corrected chi connectivity index (χ0v) is 27.8. The van der Waals surface area contributed by atoms with E-state index in [-0.39, 0.29) is 6.17 Å². The Morgan fingerprint density at radius 2 is 0.941 bits per heavy atom. The fourth-order valence-electron chi connectivity index (χ4n) is 8.78. The maximum Gasteiger partial charge on any atom is 0.124 e. The first-order chi connectivity index (χ1) is 25.3. The average molecular weight is 649 g/mol. The second-order valence-corrected chi connectivity index (χ2v) is 13.7. The Morgan fingerprint density at radius 3 is 1.69 bits per heavy atom. The van der Waals surface area contributed by atoms with Crippen LogP contribution in [0.2, 0.25) is 0 Å². The first-order valence-corrected chi connectivity index (χ1v) is 17.7. The molecule has 1 aromatic heterocycles. The molecule has 0 bridgehead atoms. The van der Waals surface area contributed by atoms with Crippen LogP contribution in [0.1, 0.15) is 17.3 Å². The summed E-state index contributed by atoms with van der Waals surface area (Å²) in [5, 5.41) is 19.3. The highest BCUT2D eigenvalue weighted by atomic mass is 15.2. The van der Waals surface area contributed by atoms with Crippen molar-refractivity contribution in [1.29, 1.82) is 0 Å². The number of aromatic nitrogens is 1. The van der Waals surface area contributed by atoms with E-state index in [4.69, 9.17) is 0 Å². The molecule has 9 aromatic carbocycles. The molecule has 2 heterocycles. The third-order valence-corrected chi connectivity index (χ3v) is 11.0. The minimum atomic E-state index is -0.170. The summed E-state index contributed by atoms with van der Waals surface area (Å²) in [4.78, 5) is 0. The van der Waals surface area contributed by atoms with E-state index in [1.54, 1.807) is 0 Å². The molecular formula is C49H32N2. The molecule has 238 valence electrons. The molecule has 51 heavy (non-hydrogen) atoms. The molecule has 0 saturated heterocycles. The number of hydrogen-bond acceptors (Lipinski definition) is 1. The fraction of sp³-hybridized carbons (Fsp3) is 0.0204. The van der Waals surface area contributed by atoms with Crippen molar-refractivity contribution >= 4 is 86.9 Å². The number of fused-ring (bicyclic) bond motifs is 12. The van der Waals surface area contributed by atoms with Crippen LogP contribution in [0.15, 0.2) is 182 Å². The van der Waals surface area contributed by atoms with Gasteiger partial charge in [0, 0.05) is 32.8 Å². The predicted molar refractivity (Wildman–Crippen MR) is 218 cm³/mol. The number of para-hydroxylation sites is 1. The van der Waals surface area contributed by atoms with Gasteiger partial charge in [-0.25, -0.2) is 0 Å². The van der Waals surface area contributed by atoms with Crippen LogP contribution in [0.25, 0.3) is 86.9 Å². The van der Waals surface area contributed by atoms with Crippen LogP contribution in [0.3, 0.4) is 0 Å². The monoisotopic (exact) mass is 648 g/mol. The Balaban J connectivity index is 1.28. The molecule has 1 aliphatic heterocycles. The van der Waals surface area contributed by atoms with Gasteiger partial charge in [0.1, 0.15) is 6.17 Å². The highest BCUT2D eigenvalue weighted by Gasteiger charge is 2.26. The van der Waals surface area contributed by atoms with Crippen molar-refractivity contribution in [2.75, 3.05) is 0 Å². The predicted octanol–water partition coefficient (Wildman–Crippen LogP) is 12.8. The summed E-state index contributed by atoms with van der Waals surface area (Å²) in [5.41, 5.74) is 7.22. The Morgan fingerprint density at radius 1 is 0.392 bits per heavy atom. The standard InChI is InChI=1S/C49H32N2/c1-4-18-35-31(13-1)16-11-24-37(35)34-29-44(40-25-12-17-32-14-2-5-19-36(32)40)50-46(30-34)51-45-26-10-9-23-43(45)48-47-38-20-6-3-15-33(38)27-28-41(47)39-21-7-8-22-42(39)49(48)51/h1-30,46,50H. The third-order valence-electron chi connectivity index (χ3n) is 11.0. The first-order valence-electron chi connectivity index (χ1n) is 17.7. The molecule has 2 heteroatoms. The van der Waals surface area contributed by atoms with E-state index in [1.165, 1.54) is 92.4 Å². The van der Waals surface area contributed by atoms with Gasteiger partial charge in [0.2, 0.25) is 0 Å². The van der Waals surface area contributed by atoms with Crippen molar-refractivity contribution in [3.05, 3.63) is 193 Å². The molecule has 1 atom stereocenters.